The van der Waals surface area contributed by atoms with Gasteiger partial charge in [-0.1, -0.05) is 26.0 Å². The van der Waals surface area contributed by atoms with Gasteiger partial charge in [0.1, 0.15) is 5.69 Å². The maximum absolute atomic E-state index is 12.4. The van der Waals surface area contributed by atoms with E-state index in [-0.39, 0.29) is 17.2 Å². The van der Waals surface area contributed by atoms with E-state index in [9.17, 15) is 9.59 Å². The third kappa shape index (κ3) is 2.43. The zero-order valence-corrected chi connectivity index (χ0v) is 12.9. The highest BCUT2D eigenvalue weighted by Gasteiger charge is 2.34. The number of carbonyl (C=O) groups excluding carboxylic acids is 2. The van der Waals surface area contributed by atoms with Crippen molar-refractivity contribution < 1.29 is 14.3 Å². The molecule has 1 aromatic heterocycles. The molecule has 1 aliphatic rings. The molecule has 1 N–H and O–H groups in total. The molecule has 1 heterocycles. The second kappa shape index (κ2) is 5.09. The molecule has 0 spiro atoms. The lowest BCUT2D eigenvalue weighted by atomic mass is 9.75. The number of ether oxygens (including phenoxy) is 1. The maximum atomic E-state index is 12.4. The molecule has 5 heteroatoms. The topological polar surface area (TPSA) is 72.0 Å². The summed E-state index contributed by atoms with van der Waals surface area (Å²) in [6.07, 6.45) is 1.33. The van der Waals surface area contributed by atoms with E-state index in [1.807, 2.05) is 0 Å². The number of carbonyl (C=O) groups is 2. The summed E-state index contributed by atoms with van der Waals surface area (Å²) in [5.41, 5.74) is 3.49. The van der Waals surface area contributed by atoms with Crippen molar-refractivity contribution in [2.45, 2.75) is 26.7 Å². The van der Waals surface area contributed by atoms with E-state index in [2.05, 4.69) is 28.8 Å². The highest BCUT2D eigenvalue weighted by atomic mass is 16.5. The summed E-state index contributed by atoms with van der Waals surface area (Å²) in [6.45, 7) is 4.17. The number of Topliss-reactive ketones (excluding diaryl/α,β-unsaturated/α-hetero) is 1. The fraction of sp³-hybridized carbons (Fsp3) is 0.353. The molecule has 0 amide bonds. The Balaban J connectivity index is 1.99. The second-order valence-electron chi connectivity index (χ2n) is 6.44. The fourth-order valence-corrected chi connectivity index (χ4v) is 2.96. The molecule has 22 heavy (non-hydrogen) atoms. The van der Waals surface area contributed by atoms with Crippen LogP contribution in [0, 0.1) is 5.41 Å². The number of methoxy groups -OCH3 is 1. The predicted octanol–water partition coefficient (Wildman–Crippen LogP) is 3.02. The number of aromatic amines is 1. The second-order valence-corrected chi connectivity index (χ2v) is 6.44. The summed E-state index contributed by atoms with van der Waals surface area (Å²) in [5, 5.41) is 7.31. The Labute approximate surface area is 128 Å². The first-order valence-electron chi connectivity index (χ1n) is 7.20. The van der Waals surface area contributed by atoms with E-state index >= 15 is 0 Å². The predicted molar refractivity (Wildman–Crippen MR) is 81.8 cm³/mol. The van der Waals surface area contributed by atoms with Gasteiger partial charge in [0.15, 0.2) is 5.78 Å². The number of rotatable bonds is 2. The van der Waals surface area contributed by atoms with E-state index in [0.29, 0.717) is 23.2 Å². The zero-order chi connectivity index (χ0) is 15.9. The van der Waals surface area contributed by atoms with Gasteiger partial charge in [0.2, 0.25) is 0 Å². The van der Waals surface area contributed by atoms with Crippen molar-refractivity contribution in [2.75, 3.05) is 7.11 Å². The quantitative estimate of drug-likeness (QED) is 0.865. The van der Waals surface area contributed by atoms with Crippen LogP contribution >= 0.6 is 0 Å². The van der Waals surface area contributed by atoms with Gasteiger partial charge >= 0.3 is 5.97 Å². The number of nitrogens with one attached hydrogen (secondary N) is 1. The maximum Gasteiger partial charge on any atom is 0.337 e. The molecule has 114 valence electrons. The molecule has 0 bridgehead atoms. The molecule has 3 rings (SSSR count). The Morgan fingerprint density at radius 1 is 1.23 bits per heavy atom. The summed E-state index contributed by atoms with van der Waals surface area (Å²) in [4.78, 5) is 23.9. The molecular formula is C17H18N2O3. The third-order valence-electron chi connectivity index (χ3n) is 3.99. The number of hydrogen-bond acceptors (Lipinski definition) is 4. The standard InChI is InChI=1S/C17H18N2O3/c1-17(2)8-12-14(13(20)9-17)15(19-18-12)10-4-6-11(7-5-10)16(21)22-3/h4-7H,8-9H2,1-3H3,(H,18,19). The fourth-order valence-electron chi connectivity index (χ4n) is 2.96. The van der Waals surface area contributed by atoms with Crippen LogP contribution in [0.4, 0.5) is 0 Å². The Morgan fingerprint density at radius 2 is 1.91 bits per heavy atom. The minimum Gasteiger partial charge on any atom is -0.465 e. The van der Waals surface area contributed by atoms with Crippen LogP contribution in [0.2, 0.25) is 0 Å². The van der Waals surface area contributed by atoms with Crippen molar-refractivity contribution in [1.29, 1.82) is 0 Å². The van der Waals surface area contributed by atoms with Gasteiger partial charge in [0.05, 0.1) is 18.2 Å². The highest BCUT2D eigenvalue weighted by molar-refractivity contribution is 6.04. The monoisotopic (exact) mass is 298 g/mol. The van der Waals surface area contributed by atoms with E-state index in [4.69, 9.17) is 0 Å². The van der Waals surface area contributed by atoms with Crippen LogP contribution in [-0.4, -0.2) is 29.1 Å². The van der Waals surface area contributed by atoms with Crippen molar-refractivity contribution in [1.82, 2.24) is 10.2 Å². The lowest BCUT2D eigenvalue weighted by Crippen LogP contribution is -2.26. The van der Waals surface area contributed by atoms with Crippen LogP contribution < -0.4 is 0 Å². The van der Waals surface area contributed by atoms with E-state index in [1.165, 1.54) is 7.11 Å². The van der Waals surface area contributed by atoms with Gasteiger partial charge in [-0.3, -0.25) is 9.89 Å². The Kier molecular flexibility index (Phi) is 3.35. The van der Waals surface area contributed by atoms with Crippen LogP contribution in [0.1, 0.15) is 46.7 Å². The summed E-state index contributed by atoms with van der Waals surface area (Å²) in [7, 11) is 1.35. The number of fused-ring (bicyclic) bond motifs is 1. The van der Waals surface area contributed by atoms with Crippen molar-refractivity contribution in [2.24, 2.45) is 5.41 Å². The van der Waals surface area contributed by atoms with Crippen LogP contribution in [0.25, 0.3) is 11.3 Å². The van der Waals surface area contributed by atoms with Crippen LogP contribution in [0.15, 0.2) is 24.3 Å². The molecule has 1 aliphatic carbocycles. The van der Waals surface area contributed by atoms with Crippen molar-refractivity contribution in [3.05, 3.63) is 41.1 Å². The number of ketones is 1. The van der Waals surface area contributed by atoms with Crippen molar-refractivity contribution in [3.63, 3.8) is 0 Å². The van der Waals surface area contributed by atoms with Crippen LogP contribution in [-0.2, 0) is 11.2 Å². The molecule has 0 saturated heterocycles. The van der Waals surface area contributed by atoms with E-state index in [1.54, 1.807) is 24.3 Å². The van der Waals surface area contributed by atoms with Gasteiger partial charge in [-0.15, -0.1) is 0 Å². The van der Waals surface area contributed by atoms with Gasteiger partial charge in [-0.05, 0) is 24.0 Å². The minimum absolute atomic E-state index is 0.0391. The van der Waals surface area contributed by atoms with Gasteiger partial charge in [-0.25, -0.2) is 4.79 Å². The molecule has 0 fully saturated rings. The van der Waals surface area contributed by atoms with Gasteiger partial charge in [-0.2, -0.15) is 5.10 Å². The first kappa shape index (κ1) is 14.5. The van der Waals surface area contributed by atoms with Gasteiger partial charge < -0.3 is 4.74 Å². The molecule has 0 atom stereocenters. The van der Waals surface area contributed by atoms with E-state index < -0.39 is 0 Å². The Morgan fingerprint density at radius 3 is 2.55 bits per heavy atom. The average Bonchev–Trinajstić information content (AvgIpc) is 2.89. The van der Waals surface area contributed by atoms with Crippen molar-refractivity contribution in [3.8, 4) is 11.3 Å². The van der Waals surface area contributed by atoms with Gasteiger partial charge in [0.25, 0.3) is 0 Å². The zero-order valence-electron chi connectivity index (χ0n) is 12.9. The summed E-state index contributed by atoms with van der Waals surface area (Å²) in [5.74, 6) is -0.263. The van der Waals surface area contributed by atoms with Crippen molar-refractivity contribution >= 4 is 11.8 Å². The number of esters is 1. The smallest absolute Gasteiger partial charge is 0.337 e. The van der Waals surface area contributed by atoms with Gasteiger partial charge in [0, 0.05) is 17.7 Å². The first-order valence-corrected chi connectivity index (χ1v) is 7.20. The van der Waals surface area contributed by atoms with E-state index in [0.717, 1.165) is 17.7 Å². The Hall–Kier alpha value is -2.43. The van der Waals surface area contributed by atoms with Crippen LogP contribution in [0.3, 0.4) is 0 Å². The highest BCUT2D eigenvalue weighted by Crippen LogP contribution is 2.37. The molecular weight excluding hydrogens is 280 g/mol. The number of H-pyrrole nitrogens is 1. The average molecular weight is 298 g/mol. The molecule has 2 aromatic rings. The Bertz CT molecular complexity index is 742. The first-order chi connectivity index (χ1) is 10.4. The molecule has 1 aromatic carbocycles. The normalized spacial score (nSPS) is 16.2. The molecule has 0 unspecified atom stereocenters. The molecule has 5 nitrogen and oxygen atoms in total. The number of benzene rings is 1. The minimum atomic E-state index is -0.381. The molecule has 0 radical (unpaired) electrons. The van der Waals surface area contributed by atoms with Crippen LogP contribution in [0.5, 0.6) is 0 Å². The lowest BCUT2D eigenvalue weighted by Gasteiger charge is -2.27. The molecule has 0 aliphatic heterocycles. The number of nitrogens with zero attached hydrogens (tertiary/aromatic N) is 1. The number of hydrogen-bond donors (Lipinski definition) is 1. The summed E-state index contributed by atoms with van der Waals surface area (Å²) >= 11 is 0. The lowest BCUT2D eigenvalue weighted by molar-refractivity contribution is 0.0600. The summed E-state index contributed by atoms with van der Waals surface area (Å²) < 4.78 is 4.68. The SMILES string of the molecule is COC(=O)c1ccc(-c2n[nH]c3c2C(=O)CC(C)(C)C3)cc1. The largest absolute Gasteiger partial charge is 0.465 e. The number of aromatic nitrogens is 2. The third-order valence-corrected chi connectivity index (χ3v) is 3.99. The molecule has 0 saturated carbocycles. The summed E-state index contributed by atoms with van der Waals surface area (Å²) in [6, 6.07) is 6.93.